The number of nitrogens with zero attached hydrogens (tertiary/aromatic N) is 1. The van der Waals surface area contributed by atoms with E-state index in [0.717, 1.165) is 11.3 Å². The molecule has 0 unspecified atom stereocenters. The normalized spacial score (nSPS) is 12.8. The molecule has 3 amide bonds. The standard InChI is InChI=1S/C20H19N3O3/c1-26-18-7-3-2-6-17(18)19(24)21-12-4-5-15-8-10-16(11-9-15)23-14-13-22-20(23)25/h2-3,6-11H,12-14H2,1H3,(H,21,24)(H,22,25). The molecule has 132 valence electrons. The lowest BCUT2D eigenvalue weighted by molar-refractivity contribution is 0.0955. The fraction of sp³-hybridized carbons (Fsp3) is 0.200. The SMILES string of the molecule is COc1ccccc1C(=O)NCC#Cc1ccc(N2CCNC2=O)cc1. The summed E-state index contributed by atoms with van der Waals surface area (Å²) in [6.45, 7) is 1.55. The second-order valence-electron chi connectivity index (χ2n) is 5.62. The van der Waals surface area contributed by atoms with E-state index in [9.17, 15) is 9.59 Å². The van der Waals surface area contributed by atoms with Gasteiger partial charge in [-0.3, -0.25) is 9.69 Å². The van der Waals surface area contributed by atoms with Gasteiger partial charge < -0.3 is 15.4 Å². The van der Waals surface area contributed by atoms with E-state index in [0.29, 0.717) is 24.4 Å². The van der Waals surface area contributed by atoms with Crippen LogP contribution in [0, 0.1) is 11.8 Å². The summed E-state index contributed by atoms with van der Waals surface area (Å²) in [7, 11) is 1.53. The van der Waals surface area contributed by atoms with Gasteiger partial charge in [-0.2, -0.15) is 0 Å². The highest BCUT2D eigenvalue weighted by atomic mass is 16.5. The summed E-state index contributed by atoms with van der Waals surface area (Å²) in [4.78, 5) is 25.5. The first-order valence-corrected chi connectivity index (χ1v) is 8.24. The van der Waals surface area contributed by atoms with Crippen LogP contribution in [0.15, 0.2) is 48.5 Å². The highest BCUT2D eigenvalue weighted by molar-refractivity contribution is 5.97. The number of rotatable bonds is 4. The number of para-hydroxylation sites is 1. The van der Waals surface area contributed by atoms with Crippen molar-refractivity contribution in [3.05, 3.63) is 59.7 Å². The molecule has 0 bridgehead atoms. The van der Waals surface area contributed by atoms with Crippen molar-refractivity contribution in [3.63, 3.8) is 0 Å². The van der Waals surface area contributed by atoms with Crippen LogP contribution in [0.3, 0.4) is 0 Å². The van der Waals surface area contributed by atoms with Crippen molar-refractivity contribution in [3.8, 4) is 17.6 Å². The monoisotopic (exact) mass is 349 g/mol. The number of urea groups is 1. The quantitative estimate of drug-likeness (QED) is 0.830. The van der Waals surface area contributed by atoms with Gasteiger partial charge in [0.25, 0.3) is 5.91 Å². The van der Waals surface area contributed by atoms with Crippen LogP contribution in [0.25, 0.3) is 0 Å². The molecule has 6 nitrogen and oxygen atoms in total. The Balaban J connectivity index is 1.56. The lowest BCUT2D eigenvalue weighted by Gasteiger charge is -2.13. The summed E-state index contributed by atoms with van der Waals surface area (Å²) in [6, 6.07) is 14.4. The number of hydrogen-bond acceptors (Lipinski definition) is 3. The molecular formula is C20H19N3O3. The molecule has 2 N–H and O–H groups in total. The Morgan fingerprint density at radius 1 is 1.23 bits per heavy atom. The Hall–Kier alpha value is -3.46. The Kier molecular flexibility index (Phi) is 5.40. The highest BCUT2D eigenvalue weighted by Crippen LogP contribution is 2.17. The summed E-state index contributed by atoms with van der Waals surface area (Å²) in [5, 5.41) is 5.52. The van der Waals surface area contributed by atoms with Crippen molar-refractivity contribution in [1.29, 1.82) is 0 Å². The fourth-order valence-corrected chi connectivity index (χ4v) is 2.64. The molecule has 3 rings (SSSR count). The topological polar surface area (TPSA) is 70.7 Å². The van der Waals surface area contributed by atoms with Gasteiger partial charge in [-0.1, -0.05) is 24.0 Å². The molecule has 6 heteroatoms. The molecule has 1 aliphatic rings. The average Bonchev–Trinajstić information content (AvgIpc) is 3.11. The van der Waals surface area contributed by atoms with E-state index in [2.05, 4.69) is 22.5 Å². The summed E-state index contributed by atoms with van der Waals surface area (Å²) >= 11 is 0. The van der Waals surface area contributed by atoms with E-state index in [1.165, 1.54) is 7.11 Å². The Morgan fingerprint density at radius 3 is 2.69 bits per heavy atom. The third kappa shape index (κ3) is 3.95. The van der Waals surface area contributed by atoms with Crippen molar-refractivity contribution < 1.29 is 14.3 Å². The van der Waals surface area contributed by atoms with Crippen molar-refractivity contribution in [2.45, 2.75) is 0 Å². The minimum Gasteiger partial charge on any atom is -0.496 e. The van der Waals surface area contributed by atoms with Gasteiger partial charge in [0.05, 0.1) is 19.2 Å². The fourth-order valence-electron chi connectivity index (χ4n) is 2.64. The minimum atomic E-state index is -0.229. The van der Waals surface area contributed by atoms with Gasteiger partial charge in [-0.15, -0.1) is 0 Å². The zero-order chi connectivity index (χ0) is 18.4. The van der Waals surface area contributed by atoms with Gasteiger partial charge in [0, 0.05) is 24.3 Å². The number of ether oxygens (including phenoxy) is 1. The van der Waals surface area contributed by atoms with Crippen LogP contribution in [0.5, 0.6) is 5.75 Å². The predicted octanol–water partition coefficient (Wildman–Crippen LogP) is 2.01. The maximum Gasteiger partial charge on any atom is 0.321 e. The van der Waals surface area contributed by atoms with Crippen LogP contribution in [-0.2, 0) is 0 Å². The molecule has 26 heavy (non-hydrogen) atoms. The van der Waals surface area contributed by atoms with E-state index in [1.807, 2.05) is 30.3 Å². The number of amides is 3. The number of methoxy groups -OCH3 is 1. The maximum atomic E-state index is 12.2. The second kappa shape index (κ2) is 8.08. The first-order chi connectivity index (χ1) is 12.7. The first kappa shape index (κ1) is 17.4. The smallest absolute Gasteiger partial charge is 0.321 e. The first-order valence-electron chi connectivity index (χ1n) is 8.24. The second-order valence-corrected chi connectivity index (χ2v) is 5.62. The Bertz CT molecular complexity index is 866. The lowest BCUT2D eigenvalue weighted by atomic mass is 10.2. The molecule has 0 atom stereocenters. The van der Waals surface area contributed by atoms with E-state index < -0.39 is 0 Å². The van der Waals surface area contributed by atoms with Crippen LogP contribution in [0.1, 0.15) is 15.9 Å². The minimum absolute atomic E-state index is 0.0807. The van der Waals surface area contributed by atoms with Crippen LogP contribution < -0.4 is 20.3 Å². The number of benzene rings is 2. The summed E-state index contributed by atoms with van der Waals surface area (Å²) < 4.78 is 5.17. The maximum absolute atomic E-state index is 12.2. The number of anilines is 1. The third-order valence-corrected chi connectivity index (χ3v) is 3.96. The van der Waals surface area contributed by atoms with Crippen molar-refractivity contribution >= 4 is 17.6 Å². The van der Waals surface area contributed by atoms with Gasteiger partial charge in [0.2, 0.25) is 0 Å². The molecular weight excluding hydrogens is 330 g/mol. The van der Waals surface area contributed by atoms with Crippen LogP contribution in [0.4, 0.5) is 10.5 Å². The Morgan fingerprint density at radius 2 is 2.00 bits per heavy atom. The van der Waals surface area contributed by atoms with Gasteiger partial charge in [0.1, 0.15) is 5.75 Å². The van der Waals surface area contributed by atoms with Crippen molar-refractivity contribution in [2.75, 3.05) is 31.6 Å². The largest absolute Gasteiger partial charge is 0.496 e. The molecule has 0 aromatic heterocycles. The van der Waals surface area contributed by atoms with Gasteiger partial charge in [0.15, 0.2) is 0 Å². The van der Waals surface area contributed by atoms with Crippen molar-refractivity contribution in [1.82, 2.24) is 10.6 Å². The molecule has 1 fully saturated rings. The molecule has 0 radical (unpaired) electrons. The number of carbonyl (C=O) groups excluding carboxylic acids is 2. The number of carbonyl (C=O) groups is 2. The van der Waals surface area contributed by atoms with Gasteiger partial charge in [-0.25, -0.2) is 4.79 Å². The summed E-state index contributed by atoms with van der Waals surface area (Å²) in [5.74, 6) is 6.21. The third-order valence-electron chi connectivity index (χ3n) is 3.96. The molecule has 0 saturated carbocycles. The highest BCUT2D eigenvalue weighted by Gasteiger charge is 2.20. The van der Waals surface area contributed by atoms with E-state index in [1.54, 1.807) is 23.1 Å². The molecule has 2 aromatic carbocycles. The molecule has 0 spiro atoms. The predicted molar refractivity (Wildman–Crippen MR) is 99.4 cm³/mol. The summed E-state index contributed by atoms with van der Waals surface area (Å²) in [5.41, 5.74) is 2.14. The molecule has 1 saturated heterocycles. The summed E-state index contributed by atoms with van der Waals surface area (Å²) in [6.07, 6.45) is 0. The average molecular weight is 349 g/mol. The lowest BCUT2D eigenvalue weighted by Crippen LogP contribution is -2.27. The number of nitrogens with one attached hydrogen (secondary N) is 2. The Labute approximate surface area is 152 Å². The van der Waals surface area contributed by atoms with E-state index in [4.69, 9.17) is 4.74 Å². The van der Waals surface area contributed by atoms with Gasteiger partial charge >= 0.3 is 6.03 Å². The van der Waals surface area contributed by atoms with Gasteiger partial charge in [-0.05, 0) is 36.4 Å². The van der Waals surface area contributed by atoms with Crippen LogP contribution in [-0.4, -0.2) is 38.7 Å². The molecule has 2 aromatic rings. The zero-order valence-corrected chi connectivity index (χ0v) is 14.4. The number of hydrogen-bond donors (Lipinski definition) is 2. The van der Waals surface area contributed by atoms with Crippen LogP contribution >= 0.6 is 0 Å². The van der Waals surface area contributed by atoms with Crippen molar-refractivity contribution in [2.24, 2.45) is 0 Å². The molecule has 1 heterocycles. The molecule has 0 aliphatic carbocycles. The van der Waals surface area contributed by atoms with E-state index >= 15 is 0 Å². The van der Waals surface area contributed by atoms with E-state index in [-0.39, 0.29) is 18.5 Å². The van der Waals surface area contributed by atoms with Crippen LogP contribution in [0.2, 0.25) is 0 Å². The molecule has 1 aliphatic heterocycles. The zero-order valence-electron chi connectivity index (χ0n) is 14.4.